The van der Waals surface area contributed by atoms with Gasteiger partial charge in [0.25, 0.3) is 0 Å². The molecule has 0 bridgehead atoms. The molecule has 0 unspecified atom stereocenters. The summed E-state index contributed by atoms with van der Waals surface area (Å²) in [6, 6.07) is 6.40. The molecule has 0 aliphatic heterocycles. The van der Waals surface area contributed by atoms with Gasteiger partial charge >= 0.3 is 0 Å². The highest BCUT2D eigenvalue weighted by atomic mass is 79.9. The zero-order valence-corrected chi connectivity index (χ0v) is 10.3. The van der Waals surface area contributed by atoms with E-state index in [0.717, 1.165) is 14.5 Å². The number of aryl methyl sites for hydroxylation is 2. The summed E-state index contributed by atoms with van der Waals surface area (Å²) < 4.78 is 0.826. The topological polar surface area (TPSA) is 25.8 Å². The van der Waals surface area contributed by atoms with Crippen LogP contribution >= 0.6 is 27.3 Å². The maximum absolute atomic E-state index is 4.09. The first-order valence-electron chi connectivity index (χ1n) is 4.23. The van der Waals surface area contributed by atoms with Crippen LogP contribution < -0.4 is 0 Å². The van der Waals surface area contributed by atoms with Crippen molar-refractivity contribution in [3.05, 3.63) is 33.2 Å². The van der Waals surface area contributed by atoms with Crippen molar-refractivity contribution < 1.29 is 0 Å². The molecular formula is C10H9BrN2S. The lowest BCUT2D eigenvalue weighted by molar-refractivity contribution is 1.07. The van der Waals surface area contributed by atoms with E-state index in [2.05, 4.69) is 58.2 Å². The smallest absolute Gasteiger partial charge is 0.137 e. The van der Waals surface area contributed by atoms with Crippen molar-refractivity contribution in [3.8, 4) is 10.6 Å². The summed E-state index contributed by atoms with van der Waals surface area (Å²) in [6.45, 7) is 4.18. The standard InChI is InChI=1S/C10H9BrN2S/c1-6-3-7(2)5-8(4-6)9-12-13-10(11)14-9/h3-5H,1-2H3. The molecule has 1 heterocycles. The van der Waals surface area contributed by atoms with Crippen molar-refractivity contribution in [1.82, 2.24) is 10.2 Å². The van der Waals surface area contributed by atoms with Crippen LogP contribution in [0, 0.1) is 13.8 Å². The fourth-order valence-corrected chi connectivity index (χ4v) is 2.52. The molecule has 4 heteroatoms. The van der Waals surface area contributed by atoms with E-state index < -0.39 is 0 Å². The molecule has 2 nitrogen and oxygen atoms in total. The molecule has 0 amide bonds. The number of halogens is 1. The molecule has 2 rings (SSSR count). The minimum absolute atomic E-state index is 0.826. The second kappa shape index (κ2) is 3.79. The van der Waals surface area contributed by atoms with Crippen LogP contribution in [0.5, 0.6) is 0 Å². The molecule has 0 fully saturated rings. The van der Waals surface area contributed by atoms with E-state index in [9.17, 15) is 0 Å². The molecule has 0 radical (unpaired) electrons. The van der Waals surface area contributed by atoms with E-state index >= 15 is 0 Å². The van der Waals surface area contributed by atoms with E-state index in [1.165, 1.54) is 11.1 Å². The van der Waals surface area contributed by atoms with Crippen molar-refractivity contribution in [2.75, 3.05) is 0 Å². The first-order valence-corrected chi connectivity index (χ1v) is 5.84. The van der Waals surface area contributed by atoms with Gasteiger partial charge in [-0.3, -0.25) is 0 Å². The molecule has 0 saturated carbocycles. The van der Waals surface area contributed by atoms with Gasteiger partial charge in [0.15, 0.2) is 3.92 Å². The minimum Gasteiger partial charge on any atom is -0.137 e. The summed E-state index contributed by atoms with van der Waals surface area (Å²) in [4.78, 5) is 0. The lowest BCUT2D eigenvalue weighted by Gasteiger charge is -2.00. The van der Waals surface area contributed by atoms with Crippen LogP contribution in [0.25, 0.3) is 10.6 Å². The van der Waals surface area contributed by atoms with E-state index in [1.807, 2.05) is 0 Å². The van der Waals surface area contributed by atoms with Crippen molar-refractivity contribution in [1.29, 1.82) is 0 Å². The van der Waals surface area contributed by atoms with Crippen LogP contribution in [0.15, 0.2) is 22.1 Å². The number of nitrogens with zero attached hydrogens (tertiary/aromatic N) is 2. The minimum atomic E-state index is 0.826. The largest absolute Gasteiger partial charge is 0.183 e. The van der Waals surface area contributed by atoms with Crippen molar-refractivity contribution in [2.24, 2.45) is 0 Å². The Hall–Kier alpha value is -0.740. The second-order valence-corrected chi connectivity index (χ2v) is 5.49. The molecular weight excluding hydrogens is 260 g/mol. The Bertz CT molecular complexity index is 445. The highest BCUT2D eigenvalue weighted by Gasteiger charge is 2.05. The van der Waals surface area contributed by atoms with Crippen LogP contribution in [0.1, 0.15) is 11.1 Å². The summed E-state index contributed by atoms with van der Waals surface area (Å²) in [5, 5.41) is 8.99. The van der Waals surface area contributed by atoms with Gasteiger partial charge in [0.05, 0.1) is 0 Å². The Morgan fingerprint density at radius 1 is 1.07 bits per heavy atom. The Morgan fingerprint density at radius 3 is 2.21 bits per heavy atom. The third kappa shape index (κ3) is 2.01. The third-order valence-corrected chi connectivity index (χ3v) is 3.27. The van der Waals surface area contributed by atoms with Gasteiger partial charge in [-0.15, -0.1) is 10.2 Å². The SMILES string of the molecule is Cc1cc(C)cc(-c2nnc(Br)s2)c1. The lowest BCUT2D eigenvalue weighted by atomic mass is 10.1. The van der Waals surface area contributed by atoms with Crippen LogP contribution in [-0.4, -0.2) is 10.2 Å². The molecule has 1 aromatic carbocycles. The molecule has 1 aromatic heterocycles. The lowest BCUT2D eigenvalue weighted by Crippen LogP contribution is -1.81. The number of aromatic nitrogens is 2. The fourth-order valence-electron chi connectivity index (χ4n) is 1.42. The van der Waals surface area contributed by atoms with Crippen molar-refractivity contribution in [3.63, 3.8) is 0 Å². The third-order valence-electron chi connectivity index (χ3n) is 1.87. The molecule has 72 valence electrons. The molecule has 0 aliphatic carbocycles. The van der Waals surface area contributed by atoms with Gasteiger partial charge in [0.2, 0.25) is 0 Å². The summed E-state index contributed by atoms with van der Waals surface area (Å²) in [5.41, 5.74) is 3.66. The fraction of sp³-hybridized carbons (Fsp3) is 0.200. The van der Waals surface area contributed by atoms with E-state index in [0.29, 0.717) is 0 Å². The molecule has 0 N–H and O–H groups in total. The molecule has 0 spiro atoms. The maximum Gasteiger partial charge on any atom is 0.183 e. The van der Waals surface area contributed by atoms with Crippen molar-refractivity contribution >= 4 is 27.3 Å². The van der Waals surface area contributed by atoms with Crippen molar-refractivity contribution in [2.45, 2.75) is 13.8 Å². The number of rotatable bonds is 1. The van der Waals surface area contributed by atoms with Gasteiger partial charge in [-0.25, -0.2) is 0 Å². The Balaban J connectivity index is 2.51. The predicted octanol–water partition coefficient (Wildman–Crippen LogP) is 3.58. The van der Waals surface area contributed by atoms with Crippen LogP contribution in [0.3, 0.4) is 0 Å². The second-order valence-electron chi connectivity index (χ2n) is 3.24. The van der Waals surface area contributed by atoms with E-state index in [-0.39, 0.29) is 0 Å². The van der Waals surface area contributed by atoms with Gasteiger partial charge in [0.1, 0.15) is 5.01 Å². The average Bonchev–Trinajstić information content (AvgIpc) is 2.50. The van der Waals surface area contributed by atoms with Gasteiger partial charge in [-0.1, -0.05) is 28.5 Å². The molecule has 14 heavy (non-hydrogen) atoms. The number of hydrogen-bond donors (Lipinski definition) is 0. The normalized spacial score (nSPS) is 10.5. The van der Waals surface area contributed by atoms with E-state index in [4.69, 9.17) is 0 Å². The average molecular weight is 269 g/mol. The first-order chi connectivity index (χ1) is 6.65. The molecule has 0 aliphatic rings. The highest BCUT2D eigenvalue weighted by Crippen LogP contribution is 2.27. The van der Waals surface area contributed by atoms with Gasteiger partial charge in [0, 0.05) is 5.56 Å². The quantitative estimate of drug-likeness (QED) is 0.790. The van der Waals surface area contributed by atoms with Gasteiger partial charge in [-0.05, 0) is 41.9 Å². The van der Waals surface area contributed by atoms with Gasteiger partial charge < -0.3 is 0 Å². The Labute approximate surface area is 95.1 Å². The highest BCUT2D eigenvalue weighted by molar-refractivity contribution is 9.11. The van der Waals surface area contributed by atoms with Crippen LogP contribution in [-0.2, 0) is 0 Å². The van der Waals surface area contributed by atoms with Crippen LogP contribution in [0.2, 0.25) is 0 Å². The summed E-state index contributed by atoms with van der Waals surface area (Å²) >= 11 is 4.86. The first kappa shape index (κ1) is 9.80. The summed E-state index contributed by atoms with van der Waals surface area (Å²) in [6.07, 6.45) is 0. The Kier molecular flexibility index (Phi) is 2.65. The van der Waals surface area contributed by atoms with Crippen LogP contribution in [0.4, 0.5) is 0 Å². The van der Waals surface area contributed by atoms with Gasteiger partial charge in [-0.2, -0.15) is 0 Å². The maximum atomic E-state index is 4.09. The van der Waals surface area contributed by atoms with E-state index in [1.54, 1.807) is 11.3 Å². The monoisotopic (exact) mass is 268 g/mol. The number of hydrogen-bond acceptors (Lipinski definition) is 3. The molecule has 0 saturated heterocycles. The zero-order chi connectivity index (χ0) is 10.1. The zero-order valence-electron chi connectivity index (χ0n) is 7.91. The predicted molar refractivity (Wildman–Crippen MR) is 62.5 cm³/mol. The summed E-state index contributed by atoms with van der Waals surface area (Å²) in [5.74, 6) is 0. The summed E-state index contributed by atoms with van der Waals surface area (Å²) in [7, 11) is 0. The molecule has 2 aromatic rings. The molecule has 0 atom stereocenters. The number of benzene rings is 1. The Morgan fingerprint density at radius 2 is 1.71 bits per heavy atom.